The van der Waals surface area contributed by atoms with Crippen molar-refractivity contribution in [2.45, 2.75) is 32.1 Å². The van der Waals surface area contributed by atoms with Crippen LogP contribution in [0.2, 0.25) is 0 Å². The smallest absolute Gasteiger partial charge is 0.255 e. The number of nitrogens with zero attached hydrogens (tertiary/aromatic N) is 2. The van der Waals surface area contributed by atoms with Crippen LogP contribution in [0.3, 0.4) is 0 Å². The summed E-state index contributed by atoms with van der Waals surface area (Å²) < 4.78 is 0. The molecule has 1 saturated heterocycles. The fraction of sp³-hybridized carbons (Fsp3) is 0.500. The van der Waals surface area contributed by atoms with Gasteiger partial charge in [0.05, 0.1) is 5.56 Å². The lowest BCUT2D eigenvalue weighted by Gasteiger charge is -2.22. The Bertz CT molecular complexity index is 776. The minimum Gasteiger partial charge on any atom is -0.342 e. The monoisotopic (exact) mass is 341 g/mol. The molecule has 1 fully saturated rings. The van der Waals surface area contributed by atoms with Crippen molar-refractivity contribution in [2.24, 2.45) is 0 Å². The van der Waals surface area contributed by atoms with E-state index < -0.39 is 0 Å². The second-order valence-electron chi connectivity index (χ2n) is 6.91. The fourth-order valence-electron chi connectivity index (χ4n) is 3.58. The Hall–Kier alpha value is -2.14. The number of hydrogen-bond acceptors (Lipinski definition) is 3. The van der Waals surface area contributed by atoms with E-state index in [4.69, 9.17) is 0 Å². The highest BCUT2D eigenvalue weighted by molar-refractivity contribution is 6.06. The summed E-state index contributed by atoms with van der Waals surface area (Å²) in [7, 11) is 1.84. The second-order valence-corrected chi connectivity index (χ2v) is 6.91. The average Bonchev–Trinajstić information content (AvgIpc) is 2.90. The zero-order valence-corrected chi connectivity index (χ0v) is 15.0. The van der Waals surface area contributed by atoms with Crippen LogP contribution < -0.4 is 5.56 Å². The number of amides is 1. The zero-order valence-electron chi connectivity index (χ0n) is 15.0. The van der Waals surface area contributed by atoms with E-state index >= 15 is 0 Å². The van der Waals surface area contributed by atoms with E-state index in [0.717, 1.165) is 24.9 Å². The molecule has 0 aliphatic carbocycles. The van der Waals surface area contributed by atoms with E-state index in [1.165, 1.54) is 45.0 Å². The topological polar surface area (TPSA) is 56.4 Å². The molecule has 0 radical (unpaired) electrons. The minimum absolute atomic E-state index is 0.0386. The first kappa shape index (κ1) is 17.7. The number of hydrogen-bond donors (Lipinski definition) is 1. The van der Waals surface area contributed by atoms with Crippen LogP contribution in [0.25, 0.3) is 10.8 Å². The number of rotatable bonds is 5. The largest absolute Gasteiger partial charge is 0.342 e. The van der Waals surface area contributed by atoms with Gasteiger partial charge in [0.2, 0.25) is 0 Å². The highest BCUT2D eigenvalue weighted by atomic mass is 16.2. The molecular weight excluding hydrogens is 314 g/mol. The van der Waals surface area contributed by atoms with Gasteiger partial charge in [-0.15, -0.1) is 0 Å². The number of fused-ring (bicyclic) bond motifs is 1. The van der Waals surface area contributed by atoms with Crippen molar-refractivity contribution in [1.82, 2.24) is 14.8 Å². The lowest BCUT2D eigenvalue weighted by molar-refractivity contribution is 0.0790. The Balaban J connectivity index is 1.63. The van der Waals surface area contributed by atoms with Crippen LogP contribution in [0.1, 0.15) is 42.5 Å². The molecule has 0 saturated carbocycles. The number of benzene rings is 1. The van der Waals surface area contributed by atoms with Gasteiger partial charge in [0, 0.05) is 30.6 Å². The van der Waals surface area contributed by atoms with Crippen LogP contribution in [-0.2, 0) is 0 Å². The average molecular weight is 341 g/mol. The SMILES string of the molecule is CN(CCCN1CCCCCC1)C(=O)c1c[nH]c(=O)c2ccccc12. The van der Waals surface area contributed by atoms with Gasteiger partial charge in [-0.2, -0.15) is 0 Å². The zero-order chi connectivity index (χ0) is 17.6. The molecule has 0 spiro atoms. The van der Waals surface area contributed by atoms with Crippen LogP contribution >= 0.6 is 0 Å². The summed E-state index contributed by atoms with van der Waals surface area (Å²) in [6, 6.07) is 7.27. The Morgan fingerprint density at radius 3 is 2.52 bits per heavy atom. The number of nitrogens with one attached hydrogen (secondary N) is 1. The van der Waals surface area contributed by atoms with Gasteiger partial charge < -0.3 is 14.8 Å². The molecule has 1 amide bonds. The lowest BCUT2D eigenvalue weighted by atomic mass is 10.1. The third kappa shape index (κ3) is 4.28. The van der Waals surface area contributed by atoms with Crippen molar-refractivity contribution in [2.75, 3.05) is 33.2 Å². The van der Waals surface area contributed by atoms with Crippen molar-refractivity contribution < 1.29 is 4.79 Å². The summed E-state index contributed by atoms with van der Waals surface area (Å²) >= 11 is 0. The molecule has 2 aromatic rings. The molecule has 25 heavy (non-hydrogen) atoms. The van der Waals surface area contributed by atoms with E-state index in [2.05, 4.69) is 9.88 Å². The maximum absolute atomic E-state index is 12.8. The molecule has 3 rings (SSSR count). The van der Waals surface area contributed by atoms with Crippen LogP contribution in [0, 0.1) is 0 Å². The molecule has 2 heterocycles. The maximum atomic E-state index is 12.8. The van der Waals surface area contributed by atoms with Crippen molar-refractivity contribution >= 4 is 16.7 Å². The Morgan fingerprint density at radius 2 is 1.80 bits per heavy atom. The van der Waals surface area contributed by atoms with Gasteiger partial charge >= 0.3 is 0 Å². The van der Waals surface area contributed by atoms with Crippen LogP contribution in [-0.4, -0.2) is 53.9 Å². The minimum atomic E-state index is -0.157. The van der Waals surface area contributed by atoms with Gasteiger partial charge in [0.25, 0.3) is 11.5 Å². The first-order valence-electron chi connectivity index (χ1n) is 9.25. The molecule has 5 nitrogen and oxygen atoms in total. The Labute approximate surface area is 148 Å². The first-order valence-corrected chi connectivity index (χ1v) is 9.25. The quantitative estimate of drug-likeness (QED) is 0.910. The number of aromatic nitrogens is 1. The van der Waals surface area contributed by atoms with E-state index in [1.807, 2.05) is 25.2 Å². The van der Waals surface area contributed by atoms with E-state index in [1.54, 1.807) is 11.0 Å². The summed E-state index contributed by atoms with van der Waals surface area (Å²) in [6.07, 6.45) is 7.78. The Morgan fingerprint density at radius 1 is 1.12 bits per heavy atom. The van der Waals surface area contributed by atoms with Crippen molar-refractivity contribution in [3.05, 3.63) is 46.4 Å². The molecule has 0 atom stereocenters. The molecule has 134 valence electrons. The summed E-state index contributed by atoms with van der Waals surface area (Å²) in [6.45, 7) is 4.14. The summed E-state index contributed by atoms with van der Waals surface area (Å²) in [5.74, 6) is -0.0386. The molecule has 1 N–H and O–H groups in total. The van der Waals surface area contributed by atoms with Crippen LogP contribution in [0.15, 0.2) is 35.3 Å². The van der Waals surface area contributed by atoms with E-state index in [0.29, 0.717) is 10.9 Å². The lowest BCUT2D eigenvalue weighted by Crippen LogP contribution is -2.32. The van der Waals surface area contributed by atoms with Gasteiger partial charge in [-0.3, -0.25) is 9.59 Å². The molecule has 1 aliphatic rings. The van der Waals surface area contributed by atoms with E-state index in [9.17, 15) is 9.59 Å². The van der Waals surface area contributed by atoms with Gasteiger partial charge in [-0.25, -0.2) is 0 Å². The Kier molecular flexibility index (Phi) is 5.87. The predicted molar refractivity (Wildman–Crippen MR) is 101 cm³/mol. The summed E-state index contributed by atoms with van der Waals surface area (Å²) in [4.78, 5) is 31.7. The van der Waals surface area contributed by atoms with Gasteiger partial charge in [0.15, 0.2) is 0 Å². The van der Waals surface area contributed by atoms with E-state index in [-0.39, 0.29) is 11.5 Å². The molecular formula is C20H27N3O2. The number of aromatic amines is 1. The van der Waals surface area contributed by atoms with Crippen LogP contribution in [0.5, 0.6) is 0 Å². The van der Waals surface area contributed by atoms with Crippen molar-refractivity contribution in [3.63, 3.8) is 0 Å². The van der Waals surface area contributed by atoms with Crippen molar-refractivity contribution in [1.29, 1.82) is 0 Å². The third-order valence-corrected chi connectivity index (χ3v) is 5.05. The van der Waals surface area contributed by atoms with Crippen LogP contribution in [0.4, 0.5) is 0 Å². The number of likely N-dealkylation sites (tertiary alicyclic amines) is 1. The molecule has 0 unspecified atom stereocenters. The molecule has 0 bridgehead atoms. The second kappa shape index (κ2) is 8.30. The molecule has 1 aromatic carbocycles. The first-order chi connectivity index (χ1) is 12.2. The standard InChI is InChI=1S/C20H27N3O2/c1-22(11-8-14-23-12-6-2-3-7-13-23)20(25)18-15-21-19(24)17-10-5-4-9-16(17)18/h4-5,9-10,15H,2-3,6-8,11-14H2,1H3,(H,21,24). The predicted octanol–water partition coefficient (Wildman–Crippen LogP) is 2.87. The fourth-order valence-corrected chi connectivity index (χ4v) is 3.58. The molecule has 1 aliphatic heterocycles. The summed E-state index contributed by atoms with van der Waals surface area (Å²) in [5, 5.41) is 1.28. The normalized spacial score (nSPS) is 15.9. The number of carbonyl (C=O) groups excluding carboxylic acids is 1. The van der Waals surface area contributed by atoms with Crippen molar-refractivity contribution in [3.8, 4) is 0 Å². The van der Waals surface area contributed by atoms with Gasteiger partial charge in [-0.05, 0) is 45.0 Å². The highest BCUT2D eigenvalue weighted by Gasteiger charge is 2.16. The van der Waals surface area contributed by atoms with Gasteiger partial charge in [-0.1, -0.05) is 31.0 Å². The number of H-pyrrole nitrogens is 1. The number of carbonyl (C=O) groups is 1. The molecule has 5 heteroatoms. The highest BCUT2D eigenvalue weighted by Crippen LogP contribution is 2.16. The summed E-state index contributed by atoms with van der Waals surface area (Å²) in [5.41, 5.74) is 0.406. The molecule has 1 aromatic heterocycles. The maximum Gasteiger partial charge on any atom is 0.255 e. The van der Waals surface area contributed by atoms with Gasteiger partial charge in [0.1, 0.15) is 0 Å². The third-order valence-electron chi connectivity index (χ3n) is 5.05. The number of pyridine rings is 1.